The molecule has 2 rings (SSSR count). The fraction of sp³-hybridized carbons (Fsp3) is 0.412. The maximum atomic E-state index is 4.28. The Balaban J connectivity index is 0.00000264. The van der Waals surface area contributed by atoms with Crippen molar-refractivity contribution in [2.45, 2.75) is 19.5 Å². The van der Waals surface area contributed by atoms with E-state index in [0.29, 0.717) is 0 Å². The quantitative estimate of drug-likeness (QED) is 0.529. The molecule has 0 aliphatic carbocycles. The van der Waals surface area contributed by atoms with E-state index in [1.807, 2.05) is 48.8 Å². The molecular formula is C17H25CoN5+2. The number of hydrogen-bond donors (Lipinski definition) is 3. The number of rotatable bonds is 11. The first-order valence-corrected chi connectivity index (χ1v) is 7.87. The fourth-order valence-electron chi connectivity index (χ4n) is 2.08. The van der Waals surface area contributed by atoms with E-state index in [2.05, 4.69) is 25.9 Å². The van der Waals surface area contributed by atoms with Crippen molar-refractivity contribution in [3.05, 3.63) is 60.2 Å². The number of hydrogen-bond acceptors (Lipinski definition) is 5. The molecule has 1 radical (unpaired) electrons. The Morgan fingerprint density at radius 3 is 1.74 bits per heavy atom. The molecule has 0 atom stereocenters. The molecule has 125 valence electrons. The summed E-state index contributed by atoms with van der Waals surface area (Å²) in [4.78, 5) is 8.56. The van der Waals surface area contributed by atoms with Crippen LogP contribution in [0.4, 0.5) is 0 Å². The normalized spacial score (nSPS) is 10.3. The van der Waals surface area contributed by atoms with Crippen LogP contribution in [0, 0.1) is 0 Å². The third-order valence-corrected chi connectivity index (χ3v) is 3.25. The number of nitrogens with one attached hydrogen (secondary N) is 3. The van der Waals surface area contributed by atoms with Gasteiger partial charge in [0.05, 0.1) is 11.4 Å². The Morgan fingerprint density at radius 2 is 1.17 bits per heavy atom. The smallest absolute Gasteiger partial charge is 0.315 e. The average molecular weight is 358 g/mol. The van der Waals surface area contributed by atoms with Gasteiger partial charge in [-0.2, -0.15) is 0 Å². The van der Waals surface area contributed by atoms with Gasteiger partial charge < -0.3 is 16.0 Å². The molecule has 0 fully saturated rings. The SMILES string of the molecule is [Co+2].c1ccc(CNCCCNCCNCc2ccccn2)nc1. The van der Waals surface area contributed by atoms with E-state index >= 15 is 0 Å². The van der Waals surface area contributed by atoms with Crippen LogP contribution >= 0.6 is 0 Å². The van der Waals surface area contributed by atoms with Crippen LogP contribution in [-0.2, 0) is 29.9 Å². The molecule has 5 nitrogen and oxygen atoms in total. The first-order chi connectivity index (χ1) is 10.9. The second-order valence-corrected chi connectivity index (χ2v) is 5.10. The molecule has 0 saturated carbocycles. The zero-order valence-electron chi connectivity index (χ0n) is 13.3. The van der Waals surface area contributed by atoms with Gasteiger partial charge >= 0.3 is 16.8 Å². The van der Waals surface area contributed by atoms with Gasteiger partial charge in [-0.05, 0) is 43.8 Å². The zero-order valence-corrected chi connectivity index (χ0v) is 14.3. The molecule has 2 heterocycles. The van der Waals surface area contributed by atoms with Crippen molar-refractivity contribution in [1.82, 2.24) is 25.9 Å². The van der Waals surface area contributed by atoms with Gasteiger partial charge in [0.15, 0.2) is 0 Å². The van der Waals surface area contributed by atoms with Gasteiger partial charge in [0.1, 0.15) is 0 Å². The van der Waals surface area contributed by atoms with Gasteiger partial charge in [-0.1, -0.05) is 12.1 Å². The van der Waals surface area contributed by atoms with E-state index in [0.717, 1.165) is 57.1 Å². The molecule has 0 saturated heterocycles. The third kappa shape index (κ3) is 9.42. The maximum Gasteiger partial charge on any atom is 2.00 e. The molecule has 3 N–H and O–H groups in total. The molecular weight excluding hydrogens is 333 g/mol. The van der Waals surface area contributed by atoms with Crippen LogP contribution in [0.25, 0.3) is 0 Å². The van der Waals surface area contributed by atoms with Crippen molar-refractivity contribution in [2.75, 3.05) is 26.2 Å². The van der Waals surface area contributed by atoms with Crippen molar-refractivity contribution in [2.24, 2.45) is 0 Å². The van der Waals surface area contributed by atoms with E-state index in [1.54, 1.807) is 0 Å². The average Bonchev–Trinajstić information content (AvgIpc) is 2.58. The molecule has 0 aliphatic rings. The minimum Gasteiger partial charge on any atom is -0.315 e. The second-order valence-electron chi connectivity index (χ2n) is 5.10. The van der Waals surface area contributed by atoms with Crippen molar-refractivity contribution >= 4 is 0 Å². The van der Waals surface area contributed by atoms with E-state index in [1.165, 1.54) is 0 Å². The molecule has 0 bridgehead atoms. The van der Waals surface area contributed by atoms with E-state index < -0.39 is 0 Å². The number of nitrogens with zero attached hydrogens (tertiary/aromatic N) is 2. The van der Waals surface area contributed by atoms with Crippen LogP contribution in [0.5, 0.6) is 0 Å². The van der Waals surface area contributed by atoms with Crippen molar-refractivity contribution in [3.63, 3.8) is 0 Å². The summed E-state index contributed by atoms with van der Waals surface area (Å²) < 4.78 is 0. The van der Waals surface area contributed by atoms with Crippen LogP contribution in [-0.4, -0.2) is 36.1 Å². The first-order valence-electron chi connectivity index (χ1n) is 7.87. The van der Waals surface area contributed by atoms with Gasteiger partial charge in [0.2, 0.25) is 0 Å². The summed E-state index contributed by atoms with van der Waals surface area (Å²) in [6.07, 6.45) is 4.77. The Kier molecular flexibility index (Phi) is 11.3. The van der Waals surface area contributed by atoms with Crippen LogP contribution in [0.2, 0.25) is 0 Å². The van der Waals surface area contributed by atoms with Crippen LogP contribution in [0.15, 0.2) is 48.8 Å². The largest absolute Gasteiger partial charge is 2.00 e. The van der Waals surface area contributed by atoms with E-state index in [-0.39, 0.29) is 16.8 Å². The minimum atomic E-state index is 0. The molecule has 0 spiro atoms. The first kappa shape index (κ1) is 19.7. The summed E-state index contributed by atoms with van der Waals surface area (Å²) in [6, 6.07) is 12.0. The molecule has 23 heavy (non-hydrogen) atoms. The molecule has 0 aromatic carbocycles. The minimum absolute atomic E-state index is 0. The number of pyridine rings is 2. The molecule has 2 aromatic heterocycles. The Hall–Kier alpha value is -1.31. The second kappa shape index (κ2) is 13.2. The summed E-state index contributed by atoms with van der Waals surface area (Å²) >= 11 is 0. The Labute approximate surface area is 148 Å². The Morgan fingerprint density at radius 1 is 0.652 bits per heavy atom. The standard InChI is InChI=1S/C17H25N5.Co/c1-3-10-21-16(6-1)14-19-9-5-8-18-12-13-20-15-17-7-2-4-11-22-17;/h1-4,6-7,10-11,18-20H,5,8-9,12-15H2;/q;+2. The molecule has 2 aromatic rings. The van der Waals surface area contributed by atoms with Crippen LogP contribution < -0.4 is 16.0 Å². The predicted molar refractivity (Wildman–Crippen MR) is 89.4 cm³/mol. The van der Waals surface area contributed by atoms with Crippen molar-refractivity contribution in [3.8, 4) is 0 Å². The van der Waals surface area contributed by atoms with Gasteiger partial charge in [-0.15, -0.1) is 0 Å². The summed E-state index contributed by atoms with van der Waals surface area (Å²) in [5, 5.41) is 10.2. The number of aromatic nitrogens is 2. The predicted octanol–water partition coefficient (Wildman–Crippen LogP) is 1.33. The molecule has 0 unspecified atom stereocenters. The summed E-state index contributed by atoms with van der Waals surface area (Å²) in [7, 11) is 0. The van der Waals surface area contributed by atoms with Gasteiger partial charge in [0.25, 0.3) is 0 Å². The third-order valence-electron chi connectivity index (χ3n) is 3.25. The Bertz CT molecular complexity index is 447. The van der Waals surface area contributed by atoms with Crippen molar-refractivity contribution in [1.29, 1.82) is 0 Å². The zero-order chi connectivity index (χ0) is 15.3. The van der Waals surface area contributed by atoms with E-state index in [9.17, 15) is 0 Å². The molecule has 0 aliphatic heterocycles. The van der Waals surface area contributed by atoms with Crippen LogP contribution in [0.3, 0.4) is 0 Å². The monoisotopic (exact) mass is 358 g/mol. The van der Waals surface area contributed by atoms with Gasteiger partial charge in [0, 0.05) is 38.6 Å². The van der Waals surface area contributed by atoms with Gasteiger partial charge in [-0.25, -0.2) is 0 Å². The summed E-state index contributed by atoms with van der Waals surface area (Å²) in [6.45, 7) is 5.64. The maximum absolute atomic E-state index is 4.28. The molecule has 6 heteroatoms. The van der Waals surface area contributed by atoms with Crippen LogP contribution in [0.1, 0.15) is 17.8 Å². The van der Waals surface area contributed by atoms with Gasteiger partial charge in [-0.3, -0.25) is 9.97 Å². The topological polar surface area (TPSA) is 61.9 Å². The summed E-state index contributed by atoms with van der Waals surface area (Å²) in [5.74, 6) is 0. The molecule has 0 amide bonds. The van der Waals surface area contributed by atoms with E-state index in [4.69, 9.17) is 0 Å². The summed E-state index contributed by atoms with van der Waals surface area (Å²) in [5.41, 5.74) is 2.18. The fourth-order valence-corrected chi connectivity index (χ4v) is 2.08. The van der Waals surface area contributed by atoms with Crippen molar-refractivity contribution < 1.29 is 16.8 Å².